The molecule has 140 valence electrons. The fraction of sp³-hybridized carbons (Fsp3) is 0.550. The van der Waals surface area contributed by atoms with Crippen LogP contribution in [0.2, 0.25) is 0 Å². The third kappa shape index (κ3) is 3.89. The largest absolute Gasteiger partial charge is 0.342 e. The number of H-pyrrole nitrogens is 1. The smallest absolute Gasteiger partial charge is 0.228 e. The number of aryl methyl sites for hydroxylation is 1. The van der Waals surface area contributed by atoms with E-state index in [0.29, 0.717) is 32.6 Å². The van der Waals surface area contributed by atoms with E-state index < -0.39 is 0 Å². The standard InChI is InChI=1S/C20H28N4O2/c1-5-17-21-15-7-6-14(12-16(15)22-17)13-18(25)23-8-10-24(11-9-23)19(26)20(2,3)4/h6-7,12H,5,8-11,13H2,1-4H3,(H,21,22). The zero-order chi connectivity index (χ0) is 18.9. The van der Waals surface area contributed by atoms with Crippen molar-refractivity contribution in [1.82, 2.24) is 19.8 Å². The van der Waals surface area contributed by atoms with E-state index in [1.54, 1.807) is 0 Å². The zero-order valence-electron chi connectivity index (χ0n) is 16.1. The Balaban J connectivity index is 1.60. The van der Waals surface area contributed by atoms with E-state index in [4.69, 9.17) is 0 Å². The van der Waals surface area contributed by atoms with Gasteiger partial charge in [-0.05, 0) is 17.7 Å². The first kappa shape index (κ1) is 18.4. The quantitative estimate of drug-likeness (QED) is 0.918. The third-order valence-corrected chi connectivity index (χ3v) is 4.85. The number of hydrogen-bond donors (Lipinski definition) is 1. The highest BCUT2D eigenvalue weighted by atomic mass is 16.2. The van der Waals surface area contributed by atoms with Crippen molar-refractivity contribution in [3.8, 4) is 0 Å². The Morgan fingerprint density at radius 2 is 1.77 bits per heavy atom. The summed E-state index contributed by atoms with van der Waals surface area (Å²) < 4.78 is 0. The first-order valence-electron chi connectivity index (χ1n) is 9.32. The Morgan fingerprint density at radius 3 is 2.38 bits per heavy atom. The van der Waals surface area contributed by atoms with Crippen molar-refractivity contribution in [2.45, 2.75) is 40.5 Å². The molecule has 1 aliphatic rings. The van der Waals surface area contributed by atoms with Crippen LogP contribution < -0.4 is 0 Å². The molecule has 2 heterocycles. The first-order valence-corrected chi connectivity index (χ1v) is 9.32. The normalized spacial score (nSPS) is 15.5. The number of aromatic amines is 1. The van der Waals surface area contributed by atoms with Crippen LogP contribution in [0.5, 0.6) is 0 Å². The lowest BCUT2D eigenvalue weighted by atomic mass is 9.94. The van der Waals surface area contributed by atoms with Gasteiger partial charge in [-0.3, -0.25) is 9.59 Å². The fourth-order valence-corrected chi connectivity index (χ4v) is 3.31. The summed E-state index contributed by atoms with van der Waals surface area (Å²) in [5.74, 6) is 1.23. The third-order valence-electron chi connectivity index (χ3n) is 4.85. The van der Waals surface area contributed by atoms with Gasteiger partial charge in [0.25, 0.3) is 0 Å². The minimum atomic E-state index is -0.372. The molecule has 26 heavy (non-hydrogen) atoms. The van der Waals surface area contributed by atoms with Gasteiger partial charge < -0.3 is 14.8 Å². The van der Waals surface area contributed by atoms with E-state index >= 15 is 0 Å². The monoisotopic (exact) mass is 356 g/mol. The number of hydrogen-bond acceptors (Lipinski definition) is 3. The van der Waals surface area contributed by atoms with E-state index in [1.165, 1.54) is 0 Å². The van der Waals surface area contributed by atoms with E-state index in [0.717, 1.165) is 28.8 Å². The number of amides is 2. The van der Waals surface area contributed by atoms with Gasteiger partial charge >= 0.3 is 0 Å². The number of nitrogens with one attached hydrogen (secondary N) is 1. The summed E-state index contributed by atoms with van der Waals surface area (Å²) in [6, 6.07) is 5.95. The van der Waals surface area contributed by atoms with Crippen molar-refractivity contribution in [3.05, 3.63) is 29.6 Å². The Hall–Kier alpha value is -2.37. The van der Waals surface area contributed by atoms with Gasteiger partial charge in [-0.25, -0.2) is 4.98 Å². The molecular weight excluding hydrogens is 328 g/mol. The van der Waals surface area contributed by atoms with Crippen LogP contribution in [-0.4, -0.2) is 57.8 Å². The summed E-state index contributed by atoms with van der Waals surface area (Å²) in [4.78, 5) is 36.5. The molecule has 0 aliphatic carbocycles. The number of carbonyl (C=O) groups excluding carboxylic acids is 2. The molecule has 1 fully saturated rings. The molecule has 1 aromatic heterocycles. The maximum Gasteiger partial charge on any atom is 0.228 e. The van der Waals surface area contributed by atoms with Crippen LogP contribution >= 0.6 is 0 Å². The van der Waals surface area contributed by atoms with Crippen LogP contribution in [0.15, 0.2) is 18.2 Å². The molecule has 0 bridgehead atoms. The Bertz CT molecular complexity index is 811. The fourth-order valence-electron chi connectivity index (χ4n) is 3.31. The van der Waals surface area contributed by atoms with E-state index in [9.17, 15) is 9.59 Å². The number of piperazine rings is 1. The predicted octanol–water partition coefficient (Wildman–Crippen LogP) is 2.38. The van der Waals surface area contributed by atoms with Crippen molar-refractivity contribution >= 4 is 22.8 Å². The highest BCUT2D eigenvalue weighted by Crippen LogP contribution is 2.19. The van der Waals surface area contributed by atoms with Gasteiger partial charge in [0.1, 0.15) is 5.82 Å². The van der Waals surface area contributed by atoms with Crippen LogP contribution in [0.3, 0.4) is 0 Å². The van der Waals surface area contributed by atoms with E-state index in [-0.39, 0.29) is 17.2 Å². The number of carbonyl (C=O) groups is 2. The molecule has 1 aromatic carbocycles. The minimum absolute atomic E-state index is 0.113. The van der Waals surface area contributed by atoms with Crippen LogP contribution in [-0.2, 0) is 22.4 Å². The summed E-state index contributed by atoms with van der Waals surface area (Å²) in [6.07, 6.45) is 1.24. The molecule has 2 aromatic rings. The molecular formula is C20H28N4O2. The summed E-state index contributed by atoms with van der Waals surface area (Å²) >= 11 is 0. The SMILES string of the molecule is CCc1nc2ccc(CC(=O)N3CCN(C(=O)C(C)(C)C)CC3)cc2[nH]1. The van der Waals surface area contributed by atoms with Crippen molar-refractivity contribution in [2.24, 2.45) is 5.41 Å². The van der Waals surface area contributed by atoms with Crippen molar-refractivity contribution in [1.29, 1.82) is 0 Å². The molecule has 0 unspecified atom stereocenters. The second-order valence-corrected chi connectivity index (χ2v) is 7.99. The molecule has 0 atom stereocenters. The predicted molar refractivity (Wildman–Crippen MR) is 102 cm³/mol. The van der Waals surface area contributed by atoms with Gasteiger partial charge in [0.15, 0.2) is 0 Å². The molecule has 1 N–H and O–H groups in total. The lowest BCUT2D eigenvalue weighted by Gasteiger charge is -2.37. The minimum Gasteiger partial charge on any atom is -0.342 e. The van der Waals surface area contributed by atoms with Gasteiger partial charge in [-0.15, -0.1) is 0 Å². The summed E-state index contributed by atoms with van der Waals surface area (Å²) in [5.41, 5.74) is 2.53. The number of fused-ring (bicyclic) bond motifs is 1. The Labute approximate surface area is 154 Å². The van der Waals surface area contributed by atoms with Gasteiger partial charge in [0.05, 0.1) is 17.5 Å². The van der Waals surface area contributed by atoms with Crippen molar-refractivity contribution < 1.29 is 9.59 Å². The zero-order valence-corrected chi connectivity index (χ0v) is 16.1. The molecule has 3 rings (SSSR count). The molecule has 0 radical (unpaired) electrons. The molecule has 1 aliphatic heterocycles. The Morgan fingerprint density at radius 1 is 1.12 bits per heavy atom. The second-order valence-electron chi connectivity index (χ2n) is 7.99. The van der Waals surface area contributed by atoms with Crippen LogP contribution in [0.1, 0.15) is 39.1 Å². The van der Waals surface area contributed by atoms with Crippen LogP contribution in [0, 0.1) is 5.41 Å². The summed E-state index contributed by atoms with van der Waals surface area (Å²) in [7, 11) is 0. The molecule has 2 amide bonds. The van der Waals surface area contributed by atoms with Crippen LogP contribution in [0.4, 0.5) is 0 Å². The summed E-state index contributed by atoms with van der Waals surface area (Å²) in [6.45, 7) is 10.3. The highest BCUT2D eigenvalue weighted by molar-refractivity contribution is 5.83. The van der Waals surface area contributed by atoms with E-state index in [2.05, 4.69) is 16.9 Å². The second kappa shape index (κ2) is 7.09. The maximum atomic E-state index is 12.6. The molecule has 0 spiro atoms. The number of aromatic nitrogens is 2. The lowest BCUT2D eigenvalue weighted by molar-refractivity contribution is -0.144. The molecule has 6 heteroatoms. The maximum absolute atomic E-state index is 12.6. The number of nitrogens with zero attached hydrogens (tertiary/aromatic N) is 3. The summed E-state index contributed by atoms with van der Waals surface area (Å²) in [5, 5.41) is 0. The number of benzene rings is 1. The lowest BCUT2D eigenvalue weighted by Crippen LogP contribution is -2.53. The Kier molecular flexibility index (Phi) is 5.03. The van der Waals surface area contributed by atoms with E-state index in [1.807, 2.05) is 48.8 Å². The number of imidazole rings is 1. The van der Waals surface area contributed by atoms with Gasteiger partial charge in [0, 0.05) is 38.0 Å². The van der Waals surface area contributed by atoms with Gasteiger partial charge in [0.2, 0.25) is 11.8 Å². The molecule has 6 nitrogen and oxygen atoms in total. The first-order chi connectivity index (χ1) is 12.3. The molecule has 1 saturated heterocycles. The van der Waals surface area contributed by atoms with Crippen molar-refractivity contribution in [2.75, 3.05) is 26.2 Å². The highest BCUT2D eigenvalue weighted by Gasteiger charge is 2.30. The average Bonchev–Trinajstić information content (AvgIpc) is 3.03. The van der Waals surface area contributed by atoms with Crippen molar-refractivity contribution in [3.63, 3.8) is 0 Å². The van der Waals surface area contributed by atoms with Crippen LogP contribution in [0.25, 0.3) is 11.0 Å². The number of rotatable bonds is 3. The topological polar surface area (TPSA) is 69.3 Å². The van der Waals surface area contributed by atoms with Gasteiger partial charge in [-0.1, -0.05) is 33.8 Å². The average molecular weight is 356 g/mol. The molecule has 0 saturated carbocycles. The van der Waals surface area contributed by atoms with Gasteiger partial charge in [-0.2, -0.15) is 0 Å².